The van der Waals surface area contributed by atoms with Gasteiger partial charge in [-0.25, -0.2) is 9.78 Å². The summed E-state index contributed by atoms with van der Waals surface area (Å²) in [5, 5.41) is 3.16. The predicted octanol–water partition coefficient (Wildman–Crippen LogP) is 2.82. The van der Waals surface area contributed by atoms with Crippen LogP contribution in [0.5, 0.6) is 0 Å². The van der Waals surface area contributed by atoms with E-state index in [0.717, 1.165) is 28.2 Å². The average molecular weight is 260 g/mol. The van der Waals surface area contributed by atoms with Crippen LogP contribution in [-0.4, -0.2) is 9.55 Å². The standard InChI is InChI=1S/C13H12N2O2S/c1-3-12-14-9(7-18-12)8-4-5-11-10(6-8)15(2)13(16)17-11/h4-7H,3H2,1-2H3. The zero-order chi connectivity index (χ0) is 12.7. The van der Waals surface area contributed by atoms with E-state index in [1.165, 1.54) is 4.57 Å². The molecule has 3 aromatic rings. The molecule has 2 aromatic heterocycles. The quantitative estimate of drug-likeness (QED) is 0.712. The van der Waals surface area contributed by atoms with Crippen LogP contribution in [0.1, 0.15) is 11.9 Å². The molecular formula is C13H12N2O2S. The van der Waals surface area contributed by atoms with Gasteiger partial charge in [0.1, 0.15) is 0 Å². The van der Waals surface area contributed by atoms with Gasteiger partial charge in [-0.2, -0.15) is 0 Å². The Labute approximate surface area is 108 Å². The van der Waals surface area contributed by atoms with Crippen molar-refractivity contribution in [1.82, 2.24) is 9.55 Å². The molecule has 0 aliphatic rings. The van der Waals surface area contributed by atoms with Gasteiger partial charge in [-0.05, 0) is 24.6 Å². The maximum Gasteiger partial charge on any atom is 0.419 e. The largest absolute Gasteiger partial charge is 0.419 e. The molecule has 0 radical (unpaired) electrons. The third-order valence-electron chi connectivity index (χ3n) is 2.94. The molecule has 0 atom stereocenters. The summed E-state index contributed by atoms with van der Waals surface area (Å²) in [6.07, 6.45) is 0.942. The van der Waals surface area contributed by atoms with Crippen LogP contribution < -0.4 is 5.76 Å². The Hall–Kier alpha value is -1.88. The molecule has 2 heterocycles. The summed E-state index contributed by atoms with van der Waals surface area (Å²) < 4.78 is 6.61. The summed E-state index contributed by atoms with van der Waals surface area (Å²) in [7, 11) is 1.70. The van der Waals surface area contributed by atoms with Gasteiger partial charge >= 0.3 is 5.76 Å². The van der Waals surface area contributed by atoms with Crippen molar-refractivity contribution in [3.63, 3.8) is 0 Å². The SMILES string of the molecule is CCc1nc(-c2ccc3oc(=O)n(C)c3c2)cs1. The first-order valence-electron chi connectivity index (χ1n) is 5.73. The summed E-state index contributed by atoms with van der Waals surface area (Å²) in [6, 6.07) is 5.69. The van der Waals surface area contributed by atoms with Crippen LogP contribution in [0.15, 0.2) is 32.8 Å². The number of thiazole rings is 1. The fourth-order valence-electron chi connectivity index (χ4n) is 1.89. The van der Waals surface area contributed by atoms with Gasteiger partial charge in [0.25, 0.3) is 0 Å². The van der Waals surface area contributed by atoms with E-state index >= 15 is 0 Å². The van der Waals surface area contributed by atoms with Gasteiger partial charge in [0.05, 0.1) is 16.2 Å². The summed E-state index contributed by atoms with van der Waals surface area (Å²) >= 11 is 1.66. The van der Waals surface area contributed by atoms with Crippen LogP contribution in [0.25, 0.3) is 22.4 Å². The molecule has 5 heteroatoms. The van der Waals surface area contributed by atoms with E-state index in [0.29, 0.717) is 5.58 Å². The van der Waals surface area contributed by atoms with Crippen molar-refractivity contribution in [2.75, 3.05) is 0 Å². The number of aryl methyl sites for hydroxylation is 2. The third kappa shape index (κ3) is 1.67. The molecule has 0 fully saturated rings. The summed E-state index contributed by atoms with van der Waals surface area (Å²) in [6.45, 7) is 2.09. The molecule has 0 aliphatic heterocycles. The molecule has 1 aromatic carbocycles. The highest BCUT2D eigenvalue weighted by atomic mass is 32.1. The highest BCUT2D eigenvalue weighted by molar-refractivity contribution is 7.09. The number of hydrogen-bond donors (Lipinski definition) is 0. The van der Waals surface area contributed by atoms with E-state index in [1.807, 2.05) is 23.6 Å². The normalized spacial score (nSPS) is 11.2. The van der Waals surface area contributed by atoms with Gasteiger partial charge in [0.2, 0.25) is 0 Å². The van der Waals surface area contributed by atoms with E-state index in [9.17, 15) is 4.79 Å². The van der Waals surface area contributed by atoms with Crippen LogP contribution in [0.4, 0.5) is 0 Å². The van der Waals surface area contributed by atoms with Crippen molar-refractivity contribution in [1.29, 1.82) is 0 Å². The van der Waals surface area contributed by atoms with E-state index in [4.69, 9.17) is 4.42 Å². The first kappa shape index (κ1) is 11.2. The maximum atomic E-state index is 11.4. The predicted molar refractivity (Wildman–Crippen MR) is 71.9 cm³/mol. The van der Waals surface area contributed by atoms with Gasteiger partial charge in [0.15, 0.2) is 5.58 Å². The van der Waals surface area contributed by atoms with Crippen molar-refractivity contribution in [2.24, 2.45) is 7.05 Å². The molecule has 18 heavy (non-hydrogen) atoms. The molecule has 4 nitrogen and oxygen atoms in total. The van der Waals surface area contributed by atoms with Crippen molar-refractivity contribution in [3.05, 3.63) is 39.1 Å². The smallest absolute Gasteiger partial charge is 0.408 e. The number of oxazole rings is 1. The van der Waals surface area contributed by atoms with E-state index < -0.39 is 0 Å². The first-order valence-corrected chi connectivity index (χ1v) is 6.61. The lowest BCUT2D eigenvalue weighted by atomic mass is 10.1. The van der Waals surface area contributed by atoms with Crippen LogP contribution in [-0.2, 0) is 13.5 Å². The average Bonchev–Trinajstić information content (AvgIpc) is 2.96. The van der Waals surface area contributed by atoms with Crippen molar-refractivity contribution in [3.8, 4) is 11.3 Å². The van der Waals surface area contributed by atoms with Gasteiger partial charge in [-0.15, -0.1) is 11.3 Å². The molecule has 0 N–H and O–H groups in total. The van der Waals surface area contributed by atoms with Crippen LogP contribution >= 0.6 is 11.3 Å². The molecule has 0 spiro atoms. The van der Waals surface area contributed by atoms with E-state index in [-0.39, 0.29) is 5.76 Å². The number of nitrogens with zero attached hydrogens (tertiary/aromatic N) is 2. The Morgan fingerprint density at radius 3 is 3.00 bits per heavy atom. The Morgan fingerprint density at radius 2 is 2.28 bits per heavy atom. The minimum Gasteiger partial charge on any atom is -0.408 e. The van der Waals surface area contributed by atoms with Crippen LogP contribution in [0.2, 0.25) is 0 Å². The van der Waals surface area contributed by atoms with Crippen molar-refractivity contribution >= 4 is 22.4 Å². The molecule has 3 rings (SSSR count). The monoisotopic (exact) mass is 260 g/mol. The number of fused-ring (bicyclic) bond motifs is 1. The first-order chi connectivity index (χ1) is 8.69. The minimum atomic E-state index is -0.338. The third-order valence-corrected chi connectivity index (χ3v) is 3.93. The summed E-state index contributed by atoms with van der Waals surface area (Å²) in [4.78, 5) is 16.0. The Kier molecular flexibility index (Phi) is 2.56. The van der Waals surface area contributed by atoms with E-state index in [1.54, 1.807) is 18.4 Å². The molecule has 0 unspecified atom stereocenters. The Morgan fingerprint density at radius 1 is 1.44 bits per heavy atom. The van der Waals surface area contributed by atoms with Crippen LogP contribution in [0.3, 0.4) is 0 Å². The second-order valence-electron chi connectivity index (χ2n) is 4.09. The second kappa shape index (κ2) is 4.10. The summed E-state index contributed by atoms with van der Waals surface area (Å²) in [5.74, 6) is -0.338. The maximum absolute atomic E-state index is 11.4. The lowest BCUT2D eigenvalue weighted by Crippen LogP contribution is -2.08. The zero-order valence-electron chi connectivity index (χ0n) is 10.1. The van der Waals surface area contributed by atoms with Crippen molar-refractivity contribution < 1.29 is 4.42 Å². The Balaban J connectivity index is 2.18. The lowest BCUT2D eigenvalue weighted by Gasteiger charge is -1.97. The molecular weight excluding hydrogens is 248 g/mol. The van der Waals surface area contributed by atoms with Crippen molar-refractivity contribution in [2.45, 2.75) is 13.3 Å². The van der Waals surface area contributed by atoms with E-state index in [2.05, 4.69) is 11.9 Å². The molecule has 0 saturated heterocycles. The molecule has 0 amide bonds. The fourth-order valence-corrected chi connectivity index (χ4v) is 2.65. The van der Waals surface area contributed by atoms with Gasteiger partial charge < -0.3 is 4.42 Å². The number of hydrogen-bond acceptors (Lipinski definition) is 4. The van der Waals surface area contributed by atoms with Gasteiger partial charge in [-0.3, -0.25) is 4.57 Å². The second-order valence-corrected chi connectivity index (χ2v) is 5.03. The number of rotatable bonds is 2. The van der Waals surface area contributed by atoms with Gasteiger partial charge in [-0.1, -0.05) is 6.92 Å². The number of aromatic nitrogens is 2. The van der Waals surface area contributed by atoms with Crippen LogP contribution in [0, 0.1) is 0 Å². The molecule has 0 bridgehead atoms. The molecule has 0 aliphatic carbocycles. The topological polar surface area (TPSA) is 48.0 Å². The highest BCUT2D eigenvalue weighted by Gasteiger charge is 2.09. The zero-order valence-corrected chi connectivity index (χ0v) is 11.0. The fraction of sp³-hybridized carbons (Fsp3) is 0.231. The lowest BCUT2D eigenvalue weighted by molar-refractivity contribution is 0.528. The minimum absolute atomic E-state index is 0.338. The Bertz CT molecular complexity index is 767. The molecule has 92 valence electrons. The molecule has 0 saturated carbocycles. The summed E-state index contributed by atoms with van der Waals surface area (Å²) in [5.41, 5.74) is 3.36. The van der Waals surface area contributed by atoms with Gasteiger partial charge in [0, 0.05) is 18.0 Å². The number of benzene rings is 1. The highest BCUT2D eigenvalue weighted by Crippen LogP contribution is 2.25.